The van der Waals surface area contributed by atoms with Crippen LogP contribution in [0, 0.1) is 5.82 Å². The van der Waals surface area contributed by atoms with Gasteiger partial charge in [-0.1, -0.05) is 18.2 Å². The average molecular weight is 246 g/mol. The number of aromatic carboxylic acids is 1. The van der Waals surface area contributed by atoms with E-state index in [4.69, 9.17) is 9.84 Å². The van der Waals surface area contributed by atoms with E-state index < -0.39 is 11.8 Å². The molecule has 2 aromatic rings. The van der Waals surface area contributed by atoms with Crippen molar-refractivity contribution < 1.29 is 19.0 Å². The van der Waals surface area contributed by atoms with Gasteiger partial charge in [-0.3, -0.25) is 0 Å². The lowest BCUT2D eigenvalue weighted by molar-refractivity contribution is 0.0692. The van der Waals surface area contributed by atoms with Crippen LogP contribution in [0.15, 0.2) is 42.5 Å². The van der Waals surface area contributed by atoms with Gasteiger partial charge in [-0.15, -0.1) is 0 Å². The number of rotatable bonds is 3. The molecular weight excluding hydrogens is 235 g/mol. The summed E-state index contributed by atoms with van der Waals surface area (Å²) in [6.45, 7) is 0. The molecular formula is C14H11FO3. The van der Waals surface area contributed by atoms with Crippen LogP contribution in [-0.2, 0) is 0 Å². The molecule has 1 N–H and O–H groups in total. The van der Waals surface area contributed by atoms with Crippen LogP contribution >= 0.6 is 0 Å². The minimum atomic E-state index is -1.28. The lowest BCUT2D eigenvalue weighted by atomic mass is 10.0. The number of methoxy groups -OCH3 is 1. The first-order chi connectivity index (χ1) is 8.61. The topological polar surface area (TPSA) is 46.5 Å². The number of carbonyl (C=O) groups is 1. The van der Waals surface area contributed by atoms with Gasteiger partial charge >= 0.3 is 5.97 Å². The van der Waals surface area contributed by atoms with E-state index in [0.717, 1.165) is 11.6 Å². The highest BCUT2D eigenvalue weighted by molar-refractivity contribution is 5.89. The fourth-order valence-corrected chi connectivity index (χ4v) is 1.67. The van der Waals surface area contributed by atoms with Crippen molar-refractivity contribution >= 4 is 5.97 Å². The molecule has 0 saturated carbocycles. The molecule has 0 radical (unpaired) electrons. The van der Waals surface area contributed by atoms with E-state index in [1.165, 1.54) is 12.1 Å². The van der Waals surface area contributed by atoms with Crippen LogP contribution in [0.5, 0.6) is 5.75 Å². The first-order valence-corrected chi connectivity index (χ1v) is 5.29. The number of carboxylic acid groups (broad SMARTS) is 1. The van der Waals surface area contributed by atoms with E-state index in [1.54, 1.807) is 31.4 Å². The van der Waals surface area contributed by atoms with E-state index in [0.29, 0.717) is 11.3 Å². The van der Waals surface area contributed by atoms with Crippen LogP contribution in [0.3, 0.4) is 0 Å². The highest BCUT2D eigenvalue weighted by atomic mass is 19.1. The van der Waals surface area contributed by atoms with E-state index in [2.05, 4.69) is 0 Å². The van der Waals surface area contributed by atoms with Crippen molar-refractivity contribution in [3.8, 4) is 16.9 Å². The summed E-state index contributed by atoms with van der Waals surface area (Å²) in [6, 6.07) is 11.1. The first kappa shape index (κ1) is 12.1. The molecule has 3 nitrogen and oxygen atoms in total. The SMILES string of the molecule is COc1cccc(-c2ccc(F)c(C(=O)O)c2)c1. The van der Waals surface area contributed by atoms with Gasteiger partial charge in [-0.25, -0.2) is 9.18 Å². The summed E-state index contributed by atoms with van der Waals surface area (Å²) in [7, 11) is 1.55. The molecule has 0 unspecified atom stereocenters. The van der Waals surface area contributed by atoms with E-state index in [9.17, 15) is 9.18 Å². The number of halogens is 1. The molecule has 0 amide bonds. The molecule has 0 aliphatic rings. The zero-order chi connectivity index (χ0) is 13.1. The minimum Gasteiger partial charge on any atom is -0.497 e. The summed E-state index contributed by atoms with van der Waals surface area (Å²) in [5, 5.41) is 8.87. The molecule has 2 aromatic carbocycles. The van der Waals surface area contributed by atoms with Gasteiger partial charge in [0.05, 0.1) is 12.7 Å². The lowest BCUT2D eigenvalue weighted by Crippen LogP contribution is -2.00. The number of hydrogen-bond acceptors (Lipinski definition) is 2. The van der Waals surface area contributed by atoms with Gasteiger partial charge < -0.3 is 9.84 Å². The molecule has 0 saturated heterocycles. The van der Waals surface area contributed by atoms with Crippen LogP contribution in [0.1, 0.15) is 10.4 Å². The van der Waals surface area contributed by atoms with Crippen LogP contribution in [0.25, 0.3) is 11.1 Å². The third kappa shape index (κ3) is 2.32. The van der Waals surface area contributed by atoms with Crippen LogP contribution in [-0.4, -0.2) is 18.2 Å². The summed E-state index contributed by atoms with van der Waals surface area (Å²) < 4.78 is 18.4. The Kier molecular flexibility index (Phi) is 3.28. The molecule has 0 bridgehead atoms. The van der Waals surface area contributed by atoms with Crippen molar-refractivity contribution in [2.75, 3.05) is 7.11 Å². The van der Waals surface area contributed by atoms with E-state index in [1.807, 2.05) is 0 Å². The fraction of sp³-hybridized carbons (Fsp3) is 0.0714. The van der Waals surface area contributed by atoms with Crippen LogP contribution < -0.4 is 4.74 Å². The van der Waals surface area contributed by atoms with Crippen molar-refractivity contribution in [3.63, 3.8) is 0 Å². The van der Waals surface area contributed by atoms with Crippen molar-refractivity contribution in [1.29, 1.82) is 0 Å². The Balaban J connectivity index is 2.50. The quantitative estimate of drug-likeness (QED) is 0.904. The smallest absolute Gasteiger partial charge is 0.338 e. The third-order valence-electron chi connectivity index (χ3n) is 2.60. The molecule has 0 aliphatic heterocycles. The Hall–Kier alpha value is -2.36. The second-order valence-corrected chi connectivity index (χ2v) is 3.73. The molecule has 0 spiro atoms. The number of carboxylic acids is 1. The maximum absolute atomic E-state index is 13.3. The summed E-state index contributed by atoms with van der Waals surface area (Å²) in [5.41, 5.74) is 1.07. The second kappa shape index (κ2) is 4.87. The molecule has 4 heteroatoms. The largest absolute Gasteiger partial charge is 0.497 e. The monoisotopic (exact) mass is 246 g/mol. The summed E-state index contributed by atoms with van der Waals surface area (Å²) >= 11 is 0. The molecule has 0 atom stereocenters. The Morgan fingerprint density at radius 1 is 1.17 bits per heavy atom. The summed E-state index contributed by atoms with van der Waals surface area (Å²) in [6.07, 6.45) is 0. The van der Waals surface area contributed by atoms with E-state index in [-0.39, 0.29) is 5.56 Å². The Bertz CT molecular complexity index is 593. The van der Waals surface area contributed by atoms with Gasteiger partial charge in [0.2, 0.25) is 0 Å². The molecule has 0 aliphatic carbocycles. The number of ether oxygens (including phenoxy) is 1. The van der Waals surface area contributed by atoms with Crippen molar-refractivity contribution in [2.24, 2.45) is 0 Å². The van der Waals surface area contributed by atoms with Crippen molar-refractivity contribution in [2.45, 2.75) is 0 Å². The zero-order valence-electron chi connectivity index (χ0n) is 9.68. The Labute approximate surface area is 103 Å². The summed E-state index contributed by atoms with van der Waals surface area (Å²) in [5.74, 6) is -1.36. The van der Waals surface area contributed by atoms with Gasteiger partial charge in [0, 0.05) is 0 Å². The highest BCUT2D eigenvalue weighted by Gasteiger charge is 2.11. The second-order valence-electron chi connectivity index (χ2n) is 3.73. The molecule has 0 aromatic heterocycles. The fourth-order valence-electron chi connectivity index (χ4n) is 1.67. The lowest BCUT2D eigenvalue weighted by Gasteiger charge is -2.06. The molecule has 2 rings (SSSR count). The zero-order valence-corrected chi connectivity index (χ0v) is 9.68. The van der Waals surface area contributed by atoms with Crippen molar-refractivity contribution in [3.05, 3.63) is 53.8 Å². The van der Waals surface area contributed by atoms with Crippen LogP contribution in [0.2, 0.25) is 0 Å². The standard InChI is InChI=1S/C14H11FO3/c1-18-11-4-2-3-9(7-11)10-5-6-13(15)12(8-10)14(16)17/h2-8H,1H3,(H,16,17). The minimum absolute atomic E-state index is 0.338. The third-order valence-corrected chi connectivity index (χ3v) is 2.60. The van der Waals surface area contributed by atoms with Gasteiger partial charge in [0.1, 0.15) is 11.6 Å². The van der Waals surface area contributed by atoms with Crippen LogP contribution in [0.4, 0.5) is 4.39 Å². The van der Waals surface area contributed by atoms with Gasteiger partial charge in [-0.05, 0) is 35.4 Å². The maximum atomic E-state index is 13.3. The van der Waals surface area contributed by atoms with Gasteiger partial charge in [0.15, 0.2) is 0 Å². The highest BCUT2D eigenvalue weighted by Crippen LogP contribution is 2.25. The summed E-state index contributed by atoms with van der Waals surface area (Å²) in [4.78, 5) is 10.9. The predicted molar refractivity (Wildman–Crippen MR) is 65.3 cm³/mol. The number of benzene rings is 2. The number of hydrogen-bond donors (Lipinski definition) is 1. The van der Waals surface area contributed by atoms with E-state index >= 15 is 0 Å². The predicted octanol–water partition coefficient (Wildman–Crippen LogP) is 3.20. The van der Waals surface area contributed by atoms with Gasteiger partial charge in [0.25, 0.3) is 0 Å². The molecule has 92 valence electrons. The average Bonchev–Trinajstić information content (AvgIpc) is 2.39. The van der Waals surface area contributed by atoms with Gasteiger partial charge in [-0.2, -0.15) is 0 Å². The molecule has 0 heterocycles. The van der Waals surface area contributed by atoms with Crippen molar-refractivity contribution in [1.82, 2.24) is 0 Å². The Morgan fingerprint density at radius 3 is 2.56 bits per heavy atom. The normalized spacial score (nSPS) is 10.1. The molecule has 0 fully saturated rings. The molecule has 18 heavy (non-hydrogen) atoms. The Morgan fingerprint density at radius 2 is 1.89 bits per heavy atom. The first-order valence-electron chi connectivity index (χ1n) is 5.29. The maximum Gasteiger partial charge on any atom is 0.338 e.